The number of hydrogen-bond acceptors (Lipinski definition) is 4. The van der Waals surface area contributed by atoms with Gasteiger partial charge >= 0.3 is 0 Å². The maximum absolute atomic E-state index is 11.2. The largest absolute Gasteiger partial charge is 0.326 e. The van der Waals surface area contributed by atoms with Crippen LogP contribution in [0.1, 0.15) is 13.3 Å². The SMILES string of the molecule is CCS(=O)(=O)CCN1CC[C@H](N)C1.Cl. The van der Waals surface area contributed by atoms with Gasteiger partial charge < -0.3 is 10.6 Å². The van der Waals surface area contributed by atoms with Crippen LogP contribution in [-0.2, 0) is 9.84 Å². The minimum Gasteiger partial charge on any atom is -0.326 e. The van der Waals surface area contributed by atoms with E-state index in [1.807, 2.05) is 0 Å². The van der Waals surface area contributed by atoms with E-state index >= 15 is 0 Å². The Morgan fingerprint density at radius 3 is 2.57 bits per heavy atom. The summed E-state index contributed by atoms with van der Waals surface area (Å²) in [5, 5.41) is 0. The van der Waals surface area contributed by atoms with Crippen molar-refractivity contribution < 1.29 is 8.42 Å². The van der Waals surface area contributed by atoms with Crippen molar-refractivity contribution in [3.8, 4) is 0 Å². The molecule has 1 aliphatic rings. The van der Waals surface area contributed by atoms with Gasteiger partial charge in [-0.15, -0.1) is 12.4 Å². The van der Waals surface area contributed by atoms with Crippen LogP contribution < -0.4 is 5.73 Å². The molecule has 0 unspecified atom stereocenters. The van der Waals surface area contributed by atoms with Crippen molar-refractivity contribution in [2.24, 2.45) is 5.73 Å². The minimum atomic E-state index is -2.81. The van der Waals surface area contributed by atoms with Gasteiger partial charge in [0, 0.05) is 24.9 Å². The Kier molecular flexibility index (Phi) is 5.97. The molecule has 0 aromatic carbocycles. The molecular weight excluding hydrogens is 224 g/mol. The molecule has 1 atom stereocenters. The average molecular weight is 243 g/mol. The molecule has 86 valence electrons. The first-order valence-electron chi connectivity index (χ1n) is 4.72. The highest BCUT2D eigenvalue weighted by Gasteiger charge is 2.20. The normalized spacial score (nSPS) is 23.4. The smallest absolute Gasteiger partial charge is 0.151 e. The van der Waals surface area contributed by atoms with Crippen molar-refractivity contribution in [3.05, 3.63) is 0 Å². The zero-order chi connectivity index (χ0) is 9.90. The quantitative estimate of drug-likeness (QED) is 0.747. The van der Waals surface area contributed by atoms with E-state index in [0.717, 1.165) is 19.5 Å². The van der Waals surface area contributed by atoms with Crippen molar-refractivity contribution >= 4 is 22.2 Å². The highest BCUT2D eigenvalue weighted by atomic mass is 35.5. The monoisotopic (exact) mass is 242 g/mol. The van der Waals surface area contributed by atoms with Gasteiger partial charge in [-0.05, 0) is 13.0 Å². The van der Waals surface area contributed by atoms with Crippen molar-refractivity contribution in [3.63, 3.8) is 0 Å². The molecule has 0 amide bonds. The van der Waals surface area contributed by atoms with E-state index in [4.69, 9.17) is 5.73 Å². The second-order valence-electron chi connectivity index (χ2n) is 3.59. The maximum Gasteiger partial charge on any atom is 0.151 e. The summed E-state index contributed by atoms with van der Waals surface area (Å²) in [6.45, 7) is 4.12. The Labute approximate surface area is 92.2 Å². The van der Waals surface area contributed by atoms with Crippen LogP contribution in [0.3, 0.4) is 0 Å². The van der Waals surface area contributed by atoms with Gasteiger partial charge in [0.25, 0.3) is 0 Å². The van der Waals surface area contributed by atoms with E-state index in [0.29, 0.717) is 6.54 Å². The Bertz CT molecular complexity index is 256. The van der Waals surface area contributed by atoms with E-state index in [1.54, 1.807) is 6.92 Å². The second-order valence-corrected chi connectivity index (χ2v) is 6.06. The molecule has 0 aromatic heterocycles. The van der Waals surface area contributed by atoms with Crippen LogP contribution in [0.4, 0.5) is 0 Å². The number of sulfone groups is 1. The van der Waals surface area contributed by atoms with Crippen LogP contribution in [0.15, 0.2) is 0 Å². The Balaban J connectivity index is 0.00000169. The third kappa shape index (κ3) is 4.59. The van der Waals surface area contributed by atoms with Crippen LogP contribution in [0, 0.1) is 0 Å². The number of nitrogens with two attached hydrogens (primary N) is 1. The molecule has 0 saturated carbocycles. The molecule has 1 aliphatic heterocycles. The fourth-order valence-corrected chi connectivity index (χ4v) is 2.30. The Morgan fingerprint density at radius 1 is 1.50 bits per heavy atom. The lowest BCUT2D eigenvalue weighted by molar-refractivity contribution is 0.354. The van der Waals surface area contributed by atoms with E-state index in [-0.39, 0.29) is 30.0 Å². The zero-order valence-electron chi connectivity index (χ0n) is 8.48. The number of rotatable bonds is 4. The number of nitrogens with zero attached hydrogens (tertiary/aromatic N) is 1. The first kappa shape index (κ1) is 14.2. The predicted octanol–water partition coefficient (Wildman–Crippen LogP) is -0.124. The molecule has 0 spiro atoms. The van der Waals surface area contributed by atoms with Crippen LogP contribution in [0.5, 0.6) is 0 Å². The van der Waals surface area contributed by atoms with Crippen molar-refractivity contribution in [1.29, 1.82) is 0 Å². The number of hydrogen-bond donors (Lipinski definition) is 1. The van der Waals surface area contributed by atoms with E-state index in [2.05, 4.69) is 4.90 Å². The molecule has 1 rings (SSSR count). The van der Waals surface area contributed by atoms with Crippen molar-refractivity contribution in [2.75, 3.05) is 31.1 Å². The lowest BCUT2D eigenvalue weighted by Crippen LogP contribution is -2.30. The Hall–Kier alpha value is 0.160. The fourth-order valence-electron chi connectivity index (χ4n) is 1.48. The van der Waals surface area contributed by atoms with E-state index < -0.39 is 9.84 Å². The number of halogens is 1. The summed E-state index contributed by atoms with van der Waals surface area (Å²) in [5.74, 6) is 0.517. The topological polar surface area (TPSA) is 63.4 Å². The van der Waals surface area contributed by atoms with Gasteiger partial charge in [-0.25, -0.2) is 8.42 Å². The summed E-state index contributed by atoms with van der Waals surface area (Å²) in [5.41, 5.74) is 5.71. The summed E-state index contributed by atoms with van der Waals surface area (Å²) >= 11 is 0. The first-order chi connectivity index (χ1) is 6.03. The van der Waals surface area contributed by atoms with Gasteiger partial charge in [-0.3, -0.25) is 0 Å². The average Bonchev–Trinajstić information content (AvgIpc) is 2.48. The highest BCUT2D eigenvalue weighted by molar-refractivity contribution is 7.91. The van der Waals surface area contributed by atoms with E-state index in [9.17, 15) is 8.42 Å². The predicted molar refractivity (Wildman–Crippen MR) is 60.6 cm³/mol. The summed E-state index contributed by atoms with van der Waals surface area (Å²) < 4.78 is 22.4. The molecule has 2 N–H and O–H groups in total. The second kappa shape index (κ2) is 5.90. The van der Waals surface area contributed by atoms with Crippen LogP contribution in [0.25, 0.3) is 0 Å². The molecule has 1 fully saturated rings. The third-order valence-corrected chi connectivity index (χ3v) is 4.15. The molecule has 0 radical (unpaired) electrons. The lowest BCUT2D eigenvalue weighted by atomic mass is 10.3. The minimum absolute atomic E-state index is 0. The van der Waals surface area contributed by atoms with Gasteiger partial charge in [-0.1, -0.05) is 6.92 Å². The molecule has 14 heavy (non-hydrogen) atoms. The van der Waals surface area contributed by atoms with Gasteiger partial charge in [-0.2, -0.15) is 0 Å². The molecule has 1 heterocycles. The van der Waals surface area contributed by atoms with Crippen LogP contribution in [-0.4, -0.2) is 50.5 Å². The van der Waals surface area contributed by atoms with E-state index in [1.165, 1.54) is 0 Å². The van der Waals surface area contributed by atoms with Crippen LogP contribution >= 0.6 is 12.4 Å². The summed E-state index contributed by atoms with van der Waals surface area (Å²) in [6, 6.07) is 0.240. The lowest BCUT2D eigenvalue weighted by Gasteiger charge is -2.14. The fraction of sp³-hybridized carbons (Fsp3) is 1.00. The van der Waals surface area contributed by atoms with Gasteiger partial charge in [0.05, 0.1) is 5.75 Å². The summed E-state index contributed by atoms with van der Waals surface area (Å²) in [7, 11) is -2.81. The molecule has 1 saturated heterocycles. The standard InChI is InChI=1S/C8H18N2O2S.ClH/c1-2-13(11,12)6-5-10-4-3-8(9)7-10;/h8H,2-7,9H2,1H3;1H/t8-;/m0./s1. The van der Waals surface area contributed by atoms with Crippen molar-refractivity contribution in [1.82, 2.24) is 4.90 Å². The summed E-state index contributed by atoms with van der Waals surface area (Å²) in [4.78, 5) is 2.12. The highest BCUT2D eigenvalue weighted by Crippen LogP contribution is 2.06. The molecule has 0 aliphatic carbocycles. The van der Waals surface area contributed by atoms with Crippen molar-refractivity contribution in [2.45, 2.75) is 19.4 Å². The molecule has 6 heteroatoms. The van der Waals surface area contributed by atoms with Gasteiger partial charge in [0.2, 0.25) is 0 Å². The first-order valence-corrected chi connectivity index (χ1v) is 6.54. The molecule has 4 nitrogen and oxygen atoms in total. The third-order valence-electron chi connectivity index (χ3n) is 2.47. The summed E-state index contributed by atoms with van der Waals surface area (Å²) in [6.07, 6.45) is 0.992. The Morgan fingerprint density at radius 2 is 2.14 bits per heavy atom. The number of likely N-dealkylation sites (tertiary alicyclic amines) is 1. The molecule has 0 aromatic rings. The van der Waals surface area contributed by atoms with Gasteiger partial charge in [0.1, 0.15) is 0 Å². The molecular formula is C8H19ClN2O2S. The van der Waals surface area contributed by atoms with Crippen LogP contribution in [0.2, 0.25) is 0 Å². The van der Waals surface area contributed by atoms with Gasteiger partial charge in [0.15, 0.2) is 9.84 Å². The maximum atomic E-state index is 11.2. The zero-order valence-corrected chi connectivity index (χ0v) is 10.1. The molecule has 0 bridgehead atoms.